The third-order valence-electron chi connectivity index (χ3n) is 2.42. The fourth-order valence-corrected chi connectivity index (χ4v) is 1.16. The molecule has 0 aromatic heterocycles. The number of hydrogen-bond donors (Lipinski definition) is 2. The Morgan fingerprint density at radius 3 is 2.50 bits per heavy atom. The summed E-state index contributed by atoms with van der Waals surface area (Å²) in [5.41, 5.74) is -0.178. The van der Waals surface area contributed by atoms with Crippen LogP contribution in [-0.4, -0.2) is 50.3 Å². The van der Waals surface area contributed by atoms with E-state index in [4.69, 9.17) is 4.74 Å². The lowest BCUT2D eigenvalue weighted by Crippen LogP contribution is -2.46. The van der Waals surface area contributed by atoms with Gasteiger partial charge in [-0.05, 0) is 20.1 Å². The summed E-state index contributed by atoms with van der Waals surface area (Å²) in [7, 11) is 3.49. The standard InChI is InChI=1S/C11H25N3OS/c1-9(16-6)7-13-10(12-4)14-8-11(2,3)15-5/h9H,7-8H2,1-6H3,(H2,12,13,14). The number of thioether (sulfide) groups is 1. The third kappa shape index (κ3) is 6.95. The summed E-state index contributed by atoms with van der Waals surface area (Å²) in [4.78, 5) is 4.16. The predicted octanol–water partition coefficient (Wildman–Crippen LogP) is 1.33. The van der Waals surface area contributed by atoms with Crippen molar-refractivity contribution in [2.24, 2.45) is 4.99 Å². The van der Waals surface area contributed by atoms with Crippen LogP contribution in [0.3, 0.4) is 0 Å². The summed E-state index contributed by atoms with van der Waals surface area (Å²) in [6.45, 7) is 7.91. The van der Waals surface area contributed by atoms with Gasteiger partial charge in [-0.1, -0.05) is 6.92 Å². The summed E-state index contributed by atoms with van der Waals surface area (Å²) in [5.74, 6) is 0.825. The van der Waals surface area contributed by atoms with Gasteiger partial charge in [0.1, 0.15) is 0 Å². The van der Waals surface area contributed by atoms with Gasteiger partial charge in [-0.3, -0.25) is 4.99 Å². The number of methoxy groups -OCH3 is 1. The van der Waals surface area contributed by atoms with Crippen LogP contribution in [0.5, 0.6) is 0 Å². The van der Waals surface area contributed by atoms with E-state index in [1.165, 1.54) is 0 Å². The molecule has 0 aromatic carbocycles. The largest absolute Gasteiger partial charge is 0.377 e. The lowest BCUT2D eigenvalue weighted by molar-refractivity contribution is 0.0268. The molecule has 4 nitrogen and oxygen atoms in total. The van der Waals surface area contributed by atoms with Crippen LogP contribution in [0.1, 0.15) is 20.8 Å². The van der Waals surface area contributed by atoms with Crippen LogP contribution in [0.4, 0.5) is 0 Å². The lowest BCUT2D eigenvalue weighted by atomic mass is 10.1. The summed E-state index contributed by atoms with van der Waals surface area (Å²) in [5, 5.41) is 7.10. The van der Waals surface area contributed by atoms with Gasteiger partial charge in [0.15, 0.2) is 5.96 Å². The molecular weight excluding hydrogens is 222 g/mol. The van der Waals surface area contributed by atoms with E-state index < -0.39 is 0 Å². The first-order chi connectivity index (χ1) is 7.45. The minimum Gasteiger partial charge on any atom is -0.377 e. The van der Waals surface area contributed by atoms with Gasteiger partial charge in [0.25, 0.3) is 0 Å². The van der Waals surface area contributed by atoms with Gasteiger partial charge < -0.3 is 15.4 Å². The van der Waals surface area contributed by atoms with Gasteiger partial charge in [-0.15, -0.1) is 0 Å². The minimum absolute atomic E-state index is 0.178. The molecule has 0 aliphatic heterocycles. The number of rotatable bonds is 6. The molecule has 0 spiro atoms. The first-order valence-corrected chi connectivity index (χ1v) is 6.76. The van der Waals surface area contributed by atoms with Gasteiger partial charge in [0, 0.05) is 32.5 Å². The molecule has 5 heteroatoms. The summed E-state index contributed by atoms with van der Waals surface area (Å²) >= 11 is 1.84. The molecule has 0 saturated carbocycles. The average Bonchev–Trinajstić information content (AvgIpc) is 2.28. The van der Waals surface area contributed by atoms with Crippen LogP contribution < -0.4 is 10.6 Å². The molecule has 0 aliphatic rings. The second-order valence-electron chi connectivity index (χ2n) is 4.32. The van der Waals surface area contributed by atoms with Crippen LogP contribution in [0.15, 0.2) is 4.99 Å². The summed E-state index contributed by atoms with van der Waals surface area (Å²) < 4.78 is 5.33. The summed E-state index contributed by atoms with van der Waals surface area (Å²) in [6.07, 6.45) is 2.11. The number of guanidine groups is 1. The Hall–Kier alpha value is -0.420. The molecule has 0 rings (SSSR count). The maximum Gasteiger partial charge on any atom is 0.191 e. The molecule has 1 atom stereocenters. The zero-order chi connectivity index (χ0) is 12.6. The number of aliphatic imine (C=N–C) groups is 1. The second kappa shape index (κ2) is 7.79. The van der Waals surface area contributed by atoms with E-state index in [2.05, 4.69) is 28.8 Å². The van der Waals surface area contributed by atoms with Gasteiger partial charge in [-0.2, -0.15) is 11.8 Å². The van der Waals surface area contributed by atoms with E-state index in [0.29, 0.717) is 5.25 Å². The van der Waals surface area contributed by atoms with Crippen LogP contribution in [-0.2, 0) is 4.74 Å². The number of hydrogen-bond acceptors (Lipinski definition) is 3. The monoisotopic (exact) mass is 247 g/mol. The van der Waals surface area contributed by atoms with Crippen molar-refractivity contribution in [2.75, 3.05) is 33.5 Å². The molecule has 0 amide bonds. The number of ether oxygens (including phenoxy) is 1. The second-order valence-corrected chi connectivity index (χ2v) is 5.59. The van der Waals surface area contributed by atoms with Crippen molar-refractivity contribution in [3.05, 3.63) is 0 Å². The third-order valence-corrected chi connectivity index (χ3v) is 3.39. The highest BCUT2D eigenvalue weighted by molar-refractivity contribution is 7.99. The first-order valence-electron chi connectivity index (χ1n) is 5.47. The smallest absolute Gasteiger partial charge is 0.191 e. The maximum atomic E-state index is 5.33. The van der Waals surface area contributed by atoms with E-state index in [1.807, 2.05) is 25.6 Å². The fourth-order valence-electron chi connectivity index (χ4n) is 0.913. The fraction of sp³-hybridized carbons (Fsp3) is 0.909. The van der Waals surface area contributed by atoms with Crippen molar-refractivity contribution < 1.29 is 4.74 Å². The molecule has 2 N–H and O–H groups in total. The Balaban J connectivity index is 3.94. The van der Waals surface area contributed by atoms with Crippen molar-refractivity contribution >= 4 is 17.7 Å². The first kappa shape index (κ1) is 15.6. The Labute approximate surface area is 104 Å². The Morgan fingerprint density at radius 2 is 2.06 bits per heavy atom. The predicted molar refractivity (Wildman–Crippen MR) is 73.4 cm³/mol. The Bertz CT molecular complexity index is 219. The highest BCUT2D eigenvalue weighted by atomic mass is 32.2. The molecule has 16 heavy (non-hydrogen) atoms. The van der Waals surface area contributed by atoms with Crippen molar-refractivity contribution in [3.63, 3.8) is 0 Å². The van der Waals surface area contributed by atoms with Crippen LogP contribution in [0, 0.1) is 0 Å². The molecule has 0 fully saturated rings. The molecule has 0 heterocycles. The molecule has 0 bridgehead atoms. The minimum atomic E-state index is -0.178. The molecule has 0 saturated heterocycles. The van der Waals surface area contributed by atoms with E-state index in [1.54, 1.807) is 14.2 Å². The van der Waals surface area contributed by atoms with Crippen LogP contribution in [0.25, 0.3) is 0 Å². The van der Waals surface area contributed by atoms with Gasteiger partial charge in [-0.25, -0.2) is 0 Å². The topological polar surface area (TPSA) is 45.7 Å². The zero-order valence-corrected chi connectivity index (χ0v) is 12.1. The average molecular weight is 247 g/mol. The molecule has 0 aliphatic carbocycles. The molecule has 96 valence electrons. The van der Waals surface area contributed by atoms with E-state index in [-0.39, 0.29) is 5.60 Å². The van der Waals surface area contributed by atoms with Gasteiger partial charge >= 0.3 is 0 Å². The van der Waals surface area contributed by atoms with Crippen molar-refractivity contribution in [2.45, 2.75) is 31.6 Å². The molecular formula is C11H25N3OS. The van der Waals surface area contributed by atoms with Crippen molar-refractivity contribution in [3.8, 4) is 0 Å². The summed E-state index contributed by atoms with van der Waals surface area (Å²) in [6, 6.07) is 0. The van der Waals surface area contributed by atoms with Gasteiger partial charge in [0.2, 0.25) is 0 Å². The lowest BCUT2D eigenvalue weighted by Gasteiger charge is -2.24. The highest BCUT2D eigenvalue weighted by Crippen LogP contribution is 2.05. The Kier molecular flexibility index (Phi) is 7.58. The zero-order valence-electron chi connectivity index (χ0n) is 11.3. The quantitative estimate of drug-likeness (QED) is 0.549. The van der Waals surface area contributed by atoms with Crippen LogP contribution >= 0.6 is 11.8 Å². The van der Waals surface area contributed by atoms with Gasteiger partial charge in [0.05, 0.1) is 5.60 Å². The SMILES string of the molecule is CN=C(NCC(C)SC)NCC(C)(C)OC. The molecule has 0 aromatic rings. The highest BCUT2D eigenvalue weighted by Gasteiger charge is 2.16. The maximum absolute atomic E-state index is 5.33. The molecule has 1 unspecified atom stereocenters. The van der Waals surface area contributed by atoms with Crippen molar-refractivity contribution in [1.29, 1.82) is 0 Å². The normalized spacial score (nSPS) is 14.8. The number of nitrogens with one attached hydrogen (secondary N) is 2. The van der Waals surface area contributed by atoms with E-state index in [9.17, 15) is 0 Å². The van der Waals surface area contributed by atoms with Crippen LogP contribution in [0.2, 0.25) is 0 Å². The van der Waals surface area contributed by atoms with E-state index in [0.717, 1.165) is 19.0 Å². The van der Waals surface area contributed by atoms with E-state index >= 15 is 0 Å². The Morgan fingerprint density at radius 1 is 1.44 bits per heavy atom. The number of nitrogens with zero attached hydrogens (tertiary/aromatic N) is 1. The molecule has 0 radical (unpaired) electrons. The van der Waals surface area contributed by atoms with Crippen molar-refractivity contribution in [1.82, 2.24) is 10.6 Å².